The zero-order valence-electron chi connectivity index (χ0n) is 7.60. The first-order chi connectivity index (χ1) is 6.92. The molecule has 0 aromatic heterocycles. The van der Waals surface area contributed by atoms with Crippen molar-refractivity contribution in [3.05, 3.63) is 42.5 Å². The molecule has 2 aromatic rings. The van der Waals surface area contributed by atoms with Crippen LogP contribution in [0.3, 0.4) is 0 Å². The second kappa shape index (κ2) is 4.17. The lowest BCUT2D eigenvalue weighted by molar-refractivity contribution is 1.48. The maximum Gasteiger partial charge on any atom is 0.0855 e. The molecule has 0 saturated carbocycles. The lowest BCUT2D eigenvalue weighted by atomic mass is 10.1. The highest BCUT2D eigenvalue weighted by Crippen LogP contribution is 2.27. The van der Waals surface area contributed by atoms with Gasteiger partial charge in [0.15, 0.2) is 0 Å². The van der Waals surface area contributed by atoms with Crippen LogP contribution in [0.5, 0.6) is 0 Å². The minimum absolute atomic E-state index is 0.508. The molecule has 0 spiro atoms. The van der Waals surface area contributed by atoms with Crippen LogP contribution in [-0.2, 0) is 0 Å². The summed E-state index contributed by atoms with van der Waals surface area (Å²) in [6, 6.07) is 16.6. The summed E-state index contributed by atoms with van der Waals surface area (Å²) in [5.41, 5.74) is 0. The number of hydrogen-bond acceptors (Lipinski definition) is 2. The van der Waals surface area contributed by atoms with Crippen LogP contribution in [0.25, 0.3) is 10.8 Å². The number of fused-ring (bicyclic) bond motifs is 1. The largest absolute Gasteiger partial charge is 0.197 e. The van der Waals surface area contributed by atoms with Crippen LogP contribution in [0.15, 0.2) is 47.4 Å². The molecular formula is C12H9NS. The molecule has 0 saturated heterocycles. The smallest absolute Gasteiger partial charge is 0.0855 e. The molecule has 0 aliphatic heterocycles. The van der Waals surface area contributed by atoms with Gasteiger partial charge in [0.1, 0.15) is 0 Å². The molecule has 0 radical (unpaired) electrons. The molecule has 0 bridgehead atoms. The predicted molar refractivity (Wildman–Crippen MR) is 60.3 cm³/mol. The van der Waals surface area contributed by atoms with E-state index in [2.05, 4.69) is 30.3 Å². The van der Waals surface area contributed by atoms with Crippen molar-refractivity contribution in [1.29, 1.82) is 5.26 Å². The number of hydrogen-bond donors (Lipinski definition) is 0. The Kier molecular flexibility index (Phi) is 2.71. The molecule has 0 N–H and O–H groups in total. The summed E-state index contributed by atoms with van der Waals surface area (Å²) in [5.74, 6) is 0.508. The lowest BCUT2D eigenvalue weighted by Crippen LogP contribution is -1.78. The Balaban J connectivity index is 2.49. The normalized spacial score (nSPS) is 9.93. The van der Waals surface area contributed by atoms with Gasteiger partial charge in [-0.05, 0) is 16.8 Å². The highest BCUT2D eigenvalue weighted by Gasteiger charge is 1.99. The van der Waals surface area contributed by atoms with Gasteiger partial charge in [-0.1, -0.05) is 36.4 Å². The van der Waals surface area contributed by atoms with Crippen molar-refractivity contribution in [1.82, 2.24) is 0 Å². The quantitative estimate of drug-likeness (QED) is 0.692. The Bertz CT molecular complexity index is 480. The second-order valence-corrected chi connectivity index (χ2v) is 3.94. The third kappa shape index (κ3) is 1.73. The molecule has 0 fully saturated rings. The molecular weight excluding hydrogens is 190 g/mol. The van der Waals surface area contributed by atoms with Crippen LogP contribution >= 0.6 is 11.8 Å². The average Bonchev–Trinajstić information content (AvgIpc) is 2.26. The van der Waals surface area contributed by atoms with Crippen LogP contribution in [0.2, 0.25) is 0 Å². The summed E-state index contributed by atoms with van der Waals surface area (Å²) in [4.78, 5) is 1.18. The van der Waals surface area contributed by atoms with Gasteiger partial charge in [-0.15, -0.1) is 11.8 Å². The third-order valence-electron chi connectivity index (χ3n) is 2.04. The van der Waals surface area contributed by atoms with Crippen molar-refractivity contribution >= 4 is 22.5 Å². The first-order valence-corrected chi connectivity index (χ1v) is 5.38. The van der Waals surface area contributed by atoms with Gasteiger partial charge in [0.05, 0.1) is 11.8 Å². The van der Waals surface area contributed by atoms with Crippen molar-refractivity contribution in [3.8, 4) is 6.07 Å². The fourth-order valence-electron chi connectivity index (χ4n) is 1.43. The highest BCUT2D eigenvalue weighted by atomic mass is 32.2. The molecule has 0 heterocycles. The number of nitriles is 1. The van der Waals surface area contributed by atoms with Crippen LogP contribution in [-0.4, -0.2) is 5.75 Å². The fraction of sp³-hybridized carbons (Fsp3) is 0.0833. The second-order valence-electron chi connectivity index (χ2n) is 2.92. The Morgan fingerprint density at radius 2 is 1.86 bits per heavy atom. The van der Waals surface area contributed by atoms with Crippen molar-refractivity contribution in [2.45, 2.75) is 4.90 Å². The monoisotopic (exact) mass is 199 g/mol. The zero-order chi connectivity index (χ0) is 9.80. The average molecular weight is 199 g/mol. The minimum atomic E-state index is 0.508. The van der Waals surface area contributed by atoms with E-state index >= 15 is 0 Å². The number of thioether (sulfide) groups is 1. The zero-order valence-corrected chi connectivity index (χ0v) is 8.42. The number of nitrogens with zero attached hydrogens (tertiary/aromatic N) is 1. The van der Waals surface area contributed by atoms with Gasteiger partial charge >= 0.3 is 0 Å². The standard InChI is InChI=1S/C12H9NS/c13-8-9-14-12-7-3-5-10-4-1-2-6-11(10)12/h1-7H,9H2. The van der Waals surface area contributed by atoms with Gasteiger partial charge in [-0.25, -0.2) is 0 Å². The van der Waals surface area contributed by atoms with Crippen LogP contribution in [0.1, 0.15) is 0 Å². The summed E-state index contributed by atoms with van der Waals surface area (Å²) in [7, 11) is 0. The van der Waals surface area contributed by atoms with E-state index < -0.39 is 0 Å². The van der Waals surface area contributed by atoms with Crippen LogP contribution < -0.4 is 0 Å². The highest BCUT2D eigenvalue weighted by molar-refractivity contribution is 7.99. The number of benzene rings is 2. The van der Waals surface area contributed by atoms with E-state index in [0.29, 0.717) is 5.75 Å². The molecule has 2 rings (SSSR count). The molecule has 0 atom stereocenters. The molecule has 0 amide bonds. The summed E-state index contributed by atoms with van der Waals surface area (Å²) < 4.78 is 0. The molecule has 68 valence electrons. The molecule has 2 heteroatoms. The topological polar surface area (TPSA) is 23.8 Å². The first kappa shape index (κ1) is 9.11. The maximum absolute atomic E-state index is 8.53. The van der Waals surface area contributed by atoms with E-state index in [1.165, 1.54) is 15.7 Å². The maximum atomic E-state index is 8.53. The van der Waals surface area contributed by atoms with Gasteiger partial charge < -0.3 is 0 Å². The van der Waals surface area contributed by atoms with Gasteiger partial charge in [0.2, 0.25) is 0 Å². The molecule has 2 aromatic carbocycles. The minimum Gasteiger partial charge on any atom is -0.197 e. The van der Waals surface area contributed by atoms with Gasteiger partial charge in [-0.3, -0.25) is 0 Å². The summed E-state index contributed by atoms with van der Waals surface area (Å²) in [6.07, 6.45) is 0. The Hall–Kier alpha value is -1.46. The van der Waals surface area contributed by atoms with Crippen molar-refractivity contribution < 1.29 is 0 Å². The Labute approximate surface area is 87.4 Å². The molecule has 1 nitrogen and oxygen atoms in total. The first-order valence-electron chi connectivity index (χ1n) is 4.39. The van der Waals surface area contributed by atoms with E-state index in [9.17, 15) is 0 Å². The van der Waals surface area contributed by atoms with E-state index in [-0.39, 0.29) is 0 Å². The predicted octanol–water partition coefficient (Wildman–Crippen LogP) is 3.46. The van der Waals surface area contributed by atoms with E-state index in [1.807, 2.05) is 18.2 Å². The van der Waals surface area contributed by atoms with Gasteiger partial charge in [0.25, 0.3) is 0 Å². The van der Waals surface area contributed by atoms with E-state index in [0.717, 1.165) is 0 Å². The summed E-state index contributed by atoms with van der Waals surface area (Å²) >= 11 is 1.59. The van der Waals surface area contributed by atoms with E-state index in [4.69, 9.17) is 5.26 Å². The number of rotatable bonds is 2. The SMILES string of the molecule is N#CCSc1cccc2ccccc12. The molecule has 0 unspecified atom stereocenters. The third-order valence-corrected chi connectivity index (χ3v) is 2.98. The molecule has 0 aliphatic rings. The van der Waals surface area contributed by atoms with Crippen LogP contribution in [0.4, 0.5) is 0 Å². The fourth-order valence-corrected chi connectivity index (χ4v) is 2.17. The Morgan fingerprint density at radius 3 is 2.71 bits per heavy atom. The van der Waals surface area contributed by atoms with Gasteiger partial charge in [-0.2, -0.15) is 5.26 Å². The van der Waals surface area contributed by atoms with Crippen molar-refractivity contribution in [3.63, 3.8) is 0 Å². The lowest BCUT2D eigenvalue weighted by Gasteiger charge is -2.02. The van der Waals surface area contributed by atoms with Crippen LogP contribution in [0, 0.1) is 11.3 Å². The summed E-state index contributed by atoms with van der Waals surface area (Å²) in [6.45, 7) is 0. The molecule has 0 aliphatic carbocycles. The molecule has 14 heavy (non-hydrogen) atoms. The van der Waals surface area contributed by atoms with E-state index in [1.54, 1.807) is 11.8 Å². The van der Waals surface area contributed by atoms with Crippen molar-refractivity contribution in [2.24, 2.45) is 0 Å². The Morgan fingerprint density at radius 1 is 1.07 bits per heavy atom. The van der Waals surface area contributed by atoms with Crippen molar-refractivity contribution in [2.75, 3.05) is 5.75 Å². The van der Waals surface area contributed by atoms with Gasteiger partial charge in [0, 0.05) is 4.90 Å². The summed E-state index contributed by atoms with van der Waals surface area (Å²) in [5, 5.41) is 11.0.